The molecule has 0 fully saturated rings. The second-order valence-corrected chi connectivity index (χ2v) is 9.65. The highest BCUT2D eigenvalue weighted by Crippen LogP contribution is 2.32. The van der Waals surface area contributed by atoms with E-state index < -0.39 is 21.3 Å². The topological polar surface area (TPSA) is 105 Å². The number of hydrogen-bond donors (Lipinski definition) is 1. The highest BCUT2D eigenvalue weighted by molar-refractivity contribution is 7.92. The van der Waals surface area contributed by atoms with Crippen molar-refractivity contribution in [2.75, 3.05) is 10.8 Å². The monoisotopic (exact) mass is 468 g/mol. The number of para-hydroxylation sites is 1. The summed E-state index contributed by atoms with van der Waals surface area (Å²) in [5.74, 6) is 0. The molecule has 5 rings (SSSR count). The first-order valence-electron chi connectivity index (χ1n) is 9.88. The first-order valence-corrected chi connectivity index (χ1v) is 11.7. The molecule has 2 aromatic heterocycles. The van der Waals surface area contributed by atoms with E-state index in [1.54, 1.807) is 42.6 Å². The normalized spacial score (nSPS) is 13.8. The quantitative estimate of drug-likeness (QED) is 0.497. The first-order chi connectivity index (χ1) is 15.4. The molecule has 0 unspecified atom stereocenters. The number of aromatic amines is 1. The van der Waals surface area contributed by atoms with E-state index in [0.29, 0.717) is 36.3 Å². The van der Waals surface area contributed by atoms with Crippen molar-refractivity contribution in [3.63, 3.8) is 0 Å². The van der Waals surface area contributed by atoms with Crippen molar-refractivity contribution in [3.8, 4) is 5.69 Å². The van der Waals surface area contributed by atoms with E-state index in [1.807, 2.05) is 0 Å². The molecule has 1 N–H and O–H groups in total. The molecular formula is C22H17ClN4O4S. The van der Waals surface area contributed by atoms with Gasteiger partial charge in [0.25, 0.3) is 15.6 Å². The molecule has 0 saturated carbocycles. The number of pyridine rings is 1. The summed E-state index contributed by atoms with van der Waals surface area (Å²) in [7, 11) is -3.98. The number of hydrogen-bond acceptors (Lipinski definition) is 5. The van der Waals surface area contributed by atoms with Gasteiger partial charge in [-0.05, 0) is 55.3 Å². The van der Waals surface area contributed by atoms with Gasteiger partial charge in [-0.3, -0.25) is 14.1 Å². The average Bonchev–Trinajstić information content (AvgIpc) is 2.79. The highest BCUT2D eigenvalue weighted by atomic mass is 35.5. The van der Waals surface area contributed by atoms with E-state index in [4.69, 9.17) is 11.6 Å². The summed E-state index contributed by atoms with van der Waals surface area (Å²) in [6.45, 7) is 0.301. The van der Waals surface area contributed by atoms with Crippen LogP contribution >= 0.6 is 11.6 Å². The summed E-state index contributed by atoms with van der Waals surface area (Å²) in [6, 6.07) is 14.0. The van der Waals surface area contributed by atoms with Gasteiger partial charge in [0.1, 0.15) is 0 Å². The van der Waals surface area contributed by atoms with Gasteiger partial charge in [0.2, 0.25) is 0 Å². The summed E-state index contributed by atoms with van der Waals surface area (Å²) < 4.78 is 29.2. The zero-order valence-electron chi connectivity index (χ0n) is 16.7. The number of sulfonamides is 1. The number of nitrogens with one attached hydrogen (secondary N) is 1. The maximum absolute atomic E-state index is 13.5. The number of aromatic nitrogens is 3. The molecule has 0 spiro atoms. The van der Waals surface area contributed by atoms with E-state index in [2.05, 4.69) is 9.97 Å². The van der Waals surface area contributed by atoms with Crippen molar-refractivity contribution < 1.29 is 8.42 Å². The van der Waals surface area contributed by atoms with Crippen molar-refractivity contribution >= 4 is 38.2 Å². The number of fused-ring (bicyclic) bond motifs is 2. The molecule has 8 nitrogen and oxygen atoms in total. The Balaban J connectivity index is 1.69. The molecule has 0 aliphatic carbocycles. The number of rotatable bonds is 3. The Morgan fingerprint density at radius 3 is 2.66 bits per heavy atom. The lowest BCUT2D eigenvalue weighted by Gasteiger charge is -2.29. The van der Waals surface area contributed by atoms with Gasteiger partial charge in [-0.1, -0.05) is 23.7 Å². The van der Waals surface area contributed by atoms with E-state index in [9.17, 15) is 18.0 Å². The maximum atomic E-state index is 13.5. The minimum absolute atomic E-state index is 0.00633. The third kappa shape index (κ3) is 3.21. The summed E-state index contributed by atoms with van der Waals surface area (Å²) >= 11 is 6.31. The van der Waals surface area contributed by atoms with E-state index >= 15 is 0 Å². The molecule has 10 heteroatoms. The summed E-state index contributed by atoms with van der Waals surface area (Å²) in [6.07, 6.45) is 2.96. The third-order valence-corrected chi connectivity index (χ3v) is 7.59. The zero-order valence-corrected chi connectivity index (χ0v) is 18.2. The number of benzene rings is 2. The van der Waals surface area contributed by atoms with Gasteiger partial charge >= 0.3 is 5.69 Å². The molecule has 0 saturated heterocycles. The standard InChI is InChI=1S/C22H17ClN4O4S/c23-16-10-9-14(32(30,31)26-12-4-7-18-19(26)8-3-11-24-18)13-20(16)27-21(28)15-5-1-2-6-17(15)25-22(27)29/h1-3,5-6,8-11,13H,4,7,12H2,(H,25,29). The maximum Gasteiger partial charge on any atom is 0.333 e. The lowest BCUT2D eigenvalue weighted by Crippen LogP contribution is -2.36. The molecule has 3 heterocycles. The molecule has 162 valence electrons. The van der Waals surface area contributed by atoms with E-state index in [1.165, 1.54) is 22.5 Å². The minimum Gasteiger partial charge on any atom is -0.306 e. The van der Waals surface area contributed by atoms with Gasteiger partial charge in [0.15, 0.2) is 0 Å². The van der Waals surface area contributed by atoms with Gasteiger partial charge in [0, 0.05) is 12.7 Å². The lowest BCUT2D eigenvalue weighted by atomic mass is 10.1. The van der Waals surface area contributed by atoms with Crippen molar-refractivity contribution in [2.45, 2.75) is 17.7 Å². The predicted molar refractivity (Wildman–Crippen MR) is 122 cm³/mol. The van der Waals surface area contributed by atoms with E-state index in [0.717, 1.165) is 4.57 Å². The second kappa shape index (κ2) is 7.61. The Morgan fingerprint density at radius 1 is 1.00 bits per heavy atom. The largest absolute Gasteiger partial charge is 0.333 e. The zero-order chi connectivity index (χ0) is 22.5. The second-order valence-electron chi connectivity index (χ2n) is 7.38. The highest BCUT2D eigenvalue weighted by Gasteiger charge is 2.30. The van der Waals surface area contributed by atoms with Gasteiger partial charge < -0.3 is 4.98 Å². The number of anilines is 1. The lowest BCUT2D eigenvalue weighted by molar-refractivity contribution is 0.585. The van der Waals surface area contributed by atoms with Gasteiger partial charge in [-0.15, -0.1) is 0 Å². The van der Waals surface area contributed by atoms with Crippen molar-refractivity contribution in [1.29, 1.82) is 0 Å². The van der Waals surface area contributed by atoms with Crippen LogP contribution in [-0.4, -0.2) is 29.5 Å². The molecule has 0 radical (unpaired) electrons. The summed E-state index contributed by atoms with van der Waals surface area (Å²) in [5.41, 5.74) is 0.310. The molecule has 1 aliphatic heterocycles. The average molecular weight is 469 g/mol. The molecular weight excluding hydrogens is 452 g/mol. The third-order valence-electron chi connectivity index (χ3n) is 5.46. The molecule has 32 heavy (non-hydrogen) atoms. The van der Waals surface area contributed by atoms with Crippen molar-refractivity contribution in [3.05, 3.63) is 92.3 Å². The van der Waals surface area contributed by atoms with Crippen molar-refractivity contribution in [2.24, 2.45) is 0 Å². The van der Waals surface area contributed by atoms with Gasteiger partial charge in [-0.25, -0.2) is 17.8 Å². The van der Waals surface area contributed by atoms with Crippen LogP contribution in [0.15, 0.2) is 75.3 Å². The Kier molecular flexibility index (Phi) is 4.87. The Hall–Kier alpha value is -3.43. The fourth-order valence-electron chi connectivity index (χ4n) is 3.94. The first kappa shape index (κ1) is 20.5. The van der Waals surface area contributed by atoms with Crippen LogP contribution in [0.1, 0.15) is 12.1 Å². The number of aryl methyl sites for hydroxylation is 1. The van der Waals surface area contributed by atoms with Crippen LogP contribution in [0.3, 0.4) is 0 Å². The Bertz CT molecular complexity index is 1590. The van der Waals surface area contributed by atoms with Gasteiger partial charge in [0.05, 0.1) is 37.9 Å². The van der Waals surface area contributed by atoms with Crippen LogP contribution in [0.25, 0.3) is 16.6 Å². The predicted octanol–water partition coefficient (Wildman–Crippen LogP) is 2.87. The van der Waals surface area contributed by atoms with Crippen LogP contribution in [0.2, 0.25) is 5.02 Å². The molecule has 0 amide bonds. The van der Waals surface area contributed by atoms with Crippen molar-refractivity contribution in [1.82, 2.24) is 14.5 Å². The van der Waals surface area contributed by atoms with Crippen LogP contribution in [0.4, 0.5) is 5.69 Å². The number of halogens is 1. The summed E-state index contributed by atoms with van der Waals surface area (Å²) in [4.78, 5) is 32.6. The van der Waals surface area contributed by atoms with Crippen LogP contribution in [0.5, 0.6) is 0 Å². The van der Waals surface area contributed by atoms with Crippen LogP contribution < -0.4 is 15.6 Å². The molecule has 0 atom stereocenters. The SMILES string of the molecule is O=c1[nH]c2ccccc2c(=O)n1-c1cc(S(=O)(=O)N2CCCc3ncccc32)ccc1Cl. The fourth-order valence-corrected chi connectivity index (χ4v) is 5.69. The van der Waals surface area contributed by atoms with Crippen LogP contribution in [0, 0.1) is 0 Å². The Morgan fingerprint density at radius 2 is 1.81 bits per heavy atom. The molecule has 0 bridgehead atoms. The van der Waals surface area contributed by atoms with E-state index in [-0.39, 0.29) is 21.0 Å². The number of nitrogens with zero attached hydrogens (tertiary/aromatic N) is 3. The molecule has 4 aromatic rings. The fraction of sp³-hybridized carbons (Fsp3) is 0.136. The number of H-pyrrole nitrogens is 1. The smallest absolute Gasteiger partial charge is 0.306 e. The van der Waals surface area contributed by atoms with Crippen LogP contribution in [-0.2, 0) is 16.4 Å². The molecule has 2 aromatic carbocycles. The minimum atomic E-state index is -3.98. The van der Waals surface area contributed by atoms with Gasteiger partial charge in [-0.2, -0.15) is 0 Å². The Labute approximate surface area is 187 Å². The summed E-state index contributed by atoms with van der Waals surface area (Å²) in [5, 5.41) is 0.361. The molecule has 1 aliphatic rings.